The number of primary sulfonamides is 1. The van der Waals surface area contributed by atoms with Crippen LogP contribution in [-0.2, 0) is 15.4 Å². The van der Waals surface area contributed by atoms with E-state index in [1.807, 2.05) is 38.1 Å². The van der Waals surface area contributed by atoms with Crippen molar-refractivity contribution in [2.75, 3.05) is 0 Å². The fraction of sp³-hybridized carbons (Fsp3) is 0.333. The molecule has 0 saturated heterocycles. The predicted molar refractivity (Wildman–Crippen MR) is 90.8 cm³/mol. The molecule has 24 heavy (non-hydrogen) atoms. The van der Waals surface area contributed by atoms with Crippen molar-refractivity contribution < 1.29 is 8.42 Å². The van der Waals surface area contributed by atoms with Gasteiger partial charge in [0.1, 0.15) is 0 Å². The molecule has 2 N–H and O–H groups in total. The maximum Gasteiger partial charge on any atom is 0.238 e. The van der Waals surface area contributed by atoms with E-state index in [-0.39, 0.29) is 16.7 Å². The Balaban J connectivity index is 1.86. The average molecular weight is 341 g/mol. The molecule has 124 valence electrons. The molecular weight excluding hydrogens is 322 g/mol. The molecule has 0 aliphatic heterocycles. The van der Waals surface area contributed by atoms with Gasteiger partial charge >= 0.3 is 0 Å². The molecule has 0 bridgehead atoms. The summed E-state index contributed by atoms with van der Waals surface area (Å²) in [6.45, 7) is 3.66. The van der Waals surface area contributed by atoms with Crippen molar-refractivity contribution >= 4 is 10.0 Å². The Morgan fingerprint density at radius 3 is 2.50 bits per heavy atom. The minimum atomic E-state index is -3.73. The van der Waals surface area contributed by atoms with Crippen molar-refractivity contribution in [1.29, 1.82) is 5.26 Å². The summed E-state index contributed by atoms with van der Waals surface area (Å²) in [6, 6.07) is 13.0. The van der Waals surface area contributed by atoms with E-state index in [4.69, 9.17) is 5.14 Å². The zero-order valence-electron chi connectivity index (χ0n) is 13.6. The van der Waals surface area contributed by atoms with Gasteiger partial charge in [0.15, 0.2) is 0 Å². The molecule has 6 heteroatoms. The molecule has 0 amide bonds. The third-order valence-corrected chi connectivity index (χ3v) is 5.53. The lowest BCUT2D eigenvalue weighted by atomic mass is 9.90. The van der Waals surface area contributed by atoms with Gasteiger partial charge in [0, 0.05) is 6.20 Å². The van der Waals surface area contributed by atoms with Crippen molar-refractivity contribution in [3.8, 4) is 6.07 Å². The maximum atomic E-state index is 11.8. The van der Waals surface area contributed by atoms with Gasteiger partial charge in [-0.05, 0) is 55.4 Å². The number of benzene rings is 1. The molecule has 1 aromatic carbocycles. The fourth-order valence-corrected chi connectivity index (χ4v) is 3.82. The highest BCUT2D eigenvalue weighted by Crippen LogP contribution is 2.55. The number of nitrogens with two attached hydrogens (primary N) is 1. The van der Waals surface area contributed by atoms with Crippen LogP contribution in [0.3, 0.4) is 0 Å². The molecule has 3 rings (SSSR count). The highest BCUT2D eigenvalue weighted by Gasteiger charge is 2.42. The van der Waals surface area contributed by atoms with Crippen molar-refractivity contribution in [1.82, 2.24) is 4.98 Å². The number of sulfonamides is 1. The smallest absolute Gasteiger partial charge is 0.238 e. The van der Waals surface area contributed by atoms with E-state index in [9.17, 15) is 13.7 Å². The summed E-state index contributed by atoms with van der Waals surface area (Å²) in [6.07, 6.45) is 2.66. The Kier molecular flexibility index (Phi) is 3.94. The van der Waals surface area contributed by atoms with Crippen molar-refractivity contribution in [2.45, 2.75) is 42.4 Å². The van der Waals surface area contributed by atoms with Gasteiger partial charge in [-0.1, -0.05) is 24.3 Å². The van der Waals surface area contributed by atoms with Crippen LogP contribution in [0, 0.1) is 11.3 Å². The summed E-state index contributed by atoms with van der Waals surface area (Å²) in [5.41, 5.74) is 1.94. The van der Waals surface area contributed by atoms with Crippen LogP contribution in [0.15, 0.2) is 47.5 Å². The highest BCUT2D eigenvalue weighted by atomic mass is 32.2. The quantitative estimate of drug-likeness (QED) is 0.924. The lowest BCUT2D eigenvalue weighted by Crippen LogP contribution is -2.15. The SMILES string of the molecule is CC(C)(C#N)c1ccc(C2CC2c2ccccc2S(N)(=O)=O)cn1. The summed E-state index contributed by atoms with van der Waals surface area (Å²) in [5, 5.41) is 14.5. The molecule has 1 saturated carbocycles. The molecule has 0 radical (unpaired) electrons. The van der Waals surface area contributed by atoms with E-state index in [0.29, 0.717) is 0 Å². The molecule has 1 fully saturated rings. The Labute approximate surface area is 142 Å². The van der Waals surface area contributed by atoms with E-state index in [1.165, 1.54) is 0 Å². The van der Waals surface area contributed by atoms with Crippen LogP contribution >= 0.6 is 0 Å². The first-order chi connectivity index (χ1) is 11.2. The molecule has 2 atom stereocenters. The summed E-state index contributed by atoms with van der Waals surface area (Å²) in [7, 11) is -3.73. The number of pyridine rings is 1. The lowest BCUT2D eigenvalue weighted by Gasteiger charge is -2.14. The lowest BCUT2D eigenvalue weighted by molar-refractivity contribution is 0.596. The van der Waals surface area contributed by atoms with Crippen molar-refractivity contribution in [3.63, 3.8) is 0 Å². The van der Waals surface area contributed by atoms with Gasteiger partial charge in [-0.2, -0.15) is 5.26 Å². The van der Waals surface area contributed by atoms with E-state index in [0.717, 1.165) is 23.2 Å². The molecule has 1 aliphatic rings. The molecule has 2 unspecified atom stereocenters. The fourth-order valence-electron chi connectivity index (χ4n) is 3.00. The zero-order chi connectivity index (χ0) is 17.5. The molecule has 1 aliphatic carbocycles. The molecular formula is C18H19N3O2S. The standard InChI is InChI=1S/C18H19N3O2S/c1-18(2,11-19)17-8-7-12(10-21-17)14-9-15(14)13-5-3-4-6-16(13)24(20,22)23/h3-8,10,14-15H,9H2,1-2H3,(H2,20,22,23). The van der Waals surface area contributed by atoms with Gasteiger partial charge in [-0.3, -0.25) is 4.98 Å². The summed E-state index contributed by atoms with van der Waals surface area (Å²) < 4.78 is 23.5. The van der Waals surface area contributed by atoms with Crippen LogP contribution in [-0.4, -0.2) is 13.4 Å². The van der Waals surface area contributed by atoms with Gasteiger partial charge in [0.05, 0.1) is 22.1 Å². The minimum Gasteiger partial charge on any atom is -0.259 e. The van der Waals surface area contributed by atoms with Crippen molar-refractivity contribution in [3.05, 3.63) is 59.4 Å². The Bertz CT molecular complexity index is 912. The van der Waals surface area contributed by atoms with Gasteiger partial charge < -0.3 is 0 Å². The second kappa shape index (κ2) is 5.69. The molecule has 2 aromatic rings. The Hall–Kier alpha value is -2.23. The second-order valence-corrected chi connectivity index (χ2v) is 8.27. The number of hydrogen-bond acceptors (Lipinski definition) is 4. The van der Waals surface area contributed by atoms with E-state index < -0.39 is 15.4 Å². The summed E-state index contributed by atoms with van der Waals surface area (Å²) in [5.74, 6) is 0.371. The first-order valence-corrected chi connectivity index (χ1v) is 9.28. The van der Waals surface area contributed by atoms with Crippen molar-refractivity contribution in [2.24, 2.45) is 5.14 Å². The number of nitriles is 1. The first kappa shape index (κ1) is 16.6. The molecule has 0 spiro atoms. The van der Waals surface area contributed by atoms with Crippen LogP contribution in [0.2, 0.25) is 0 Å². The predicted octanol–water partition coefficient (Wildman–Crippen LogP) is 2.80. The highest BCUT2D eigenvalue weighted by molar-refractivity contribution is 7.89. The number of aromatic nitrogens is 1. The maximum absolute atomic E-state index is 11.8. The largest absolute Gasteiger partial charge is 0.259 e. The van der Waals surface area contributed by atoms with E-state index in [1.54, 1.807) is 18.3 Å². The van der Waals surface area contributed by atoms with Gasteiger partial charge in [0.25, 0.3) is 0 Å². The zero-order valence-corrected chi connectivity index (χ0v) is 14.4. The van der Waals surface area contributed by atoms with Crippen LogP contribution in [0.4, 0.5) is 0 Å². The van der Waals surface area contributed by atoms with Gasteiger partial charge in [-0.25, -0.2) is 13.6 Å². The topological polar surface area (TPSA) is 96.8 Å². The number of hydrogen-bond donors (Lipinski definition) is 1. The Morgan fingerprint density at radius 2 is 1.92 bits per heavy atom. The molecule has 1 heterocycles. The third-order valence-electron chi connectivity index (χ3n) is 4.55. The monoisotopic (exact) mass is 341 g/mol. The Morgan fingerprint density at radius 1 is 1.21 bits per heavy atom. The van der Waals surface area contributed by atoms with Gasteiger partial charge in [0.2, 0.25) is 10.0 Å². The van der Waals surface area contributed by atoms with Crippen LogP contribution < -0.4 is 5.14 Å². The summed E-state index contributed by atoms with van der Waals surface area (Å²) >= 11 is 0. The molecule has 5 nitrogen and oxygen atoms in total. The van der Waals surface area contributed by atoms with E-state index >= 15 is 0 Å². The molecule has 1 aromatic heterocycles. The summed E-state index contributed by atoms with van der Waals surface area (Å²) in [4.78, 5) is 4.62. The normalized spacial score (nSPS) is 20.4. The van der Waals surface area contributed by atoms with Crippen LogP contribution in [0.1, 0.15) is 48.9 Å². The van der Waals surface area contributed by atoms with Crippen LogP contribution in [0.5, 0.6) is 0 Å². The van der Waals surface area contributed by atoms with Gasteiger partial charge in [-0.15, -0.1) is 0 Å². The van der Waals surface area contributed by atoms with Crippen LogP contribution in [0.25, 0.3) is 0 Å². The second-order valence-electron chi connectivity index (χ2n) is 6.75. The van der Waals surface area contributed by atoms with E-state index in [2.05, 4.69) is 11.1 Å². The third kappa shape index (κ3) is 3.05. The first-order valence-electron chi connectivity index (χ1n) is 7.73. The average Bonchev–Trinajstić information content (AvgIpc) is 3.35. The number of rotatable bonds is 4. The number of nitrogens with zero attached hydrogens (tertiary/aromatic N) is 2. The minimum absolute atomic E-state index is 0.135.